The number of amides is 5. The first-order chi connectivity index (χ1) is 22.8. The molecule has 1 aromatic carbocycles. The summed E-state index contributed by atoms with van der Waals surface area (Å²) < 4.78 is 38.5. The molecule has 2 aliphatic carbocycles. The van der Waals surface area contributed by atoms with Crippen molar-refractivity contribution in [2.24, 2.45) is 11.8 Å². The van der Waals surface area contributed by atoms with Crippen LogP contribution in [0.3, 0.4) is 0 Å². The Morgan fingerprint density at radius 2 is 1.94 bits per heavy atom. The second kappa shape index (κ2) is 12.9. The molecule has 5 atom stereocenters. The number of nitrogens with zero attached hydrogens (tertiary/aromatic N) is 2. The van der Waals surface area contributed by atoms with Gasteiger partial charge in [-0.15, -0.1) is 6.58 Å². The molecule has 0 unspecified atom stereocenters. The third-order valence-electron chi connectivity index (χ3n) is 9.66. The normalized spacial score (nSPS) is 29.6. The number of rotatable bonds is 7. The maximum atomic E-state index is 14.1. The van der Waals surface area contributed by atoms with E-state index in [-0.39, 0.29) is 26.0 Å². The van der Waals surface area contributed by atoms with Gasteiger partial charge in [0.2, 0.25) is 21.8 Å². The van der Waals surface area contributed by atoms with Crippen molar-refractivity contribution in [3.05, 3.63) is 53.6 Å². The lowest BCUT2D eigenvalue weighted by molar-refractivity contribution is -0.141. The molecule has 5 amide bonds. The lowest BCUT2D eigenvalue weighted by Gasteiger charge is -2.31. The predicted octanol–water partition coefficient (Wildman–Crippen LogP) is 1.95. The van der Waals surface area contributed by atoms with E-state index in [1.807, 2.05) is 30.4 Å². The Bertz CT molecular complexity index is 1670. The van der Waals surface area contributed by atoms with Gasteiger partial charge in [-0.05, 0) is 48.3 Å². The second-order valence-corrected chi connectivity index (χ2v) is 15.4. The summed E-state index contributed by atoms with van der Waals surface area (Å²) in [6, 6.07) is 3.51. The first-order valence-electron chi connectivity index (χ1n) is 16.3. The van der Waals surface area contributed by atoms with Crippen LogP contribution in [0.4, 0.5) is 9.59 Å². The van der Waals surface area contributed by atoms with Gasteiger partial charge in [-0.2, -0.15) is 0 Å². The zero-order valence-corrected chi connectivity index (χ0v) is 27.8. The Morgan fingerprint density at radius 3 is 2.62 bits per heavy atom. The number of hydrogen-bond acceptors (Lipinski definition) is 9. The number of sulfonamides is 1. The number of cyclic esters (lactones) is 1. The number of carbonyl (C=O) groups is 5. The van der Waals surface area contributed by atoms with Crippen molar-refractivity contribution >= 4 is 46.0 Å². The van der Waals surface area contributed by atoms with E-state index in [4.69, 9.17) is 9.47 Å². The van der Waals surface area contributed by atoms with Crippen molar-refractivity contribution in [3.8, 4) is 0 Å². The molecule has 0 radical (unpaired) electrons. The smallest absolute Gasteiger partial charge is 0.410 e. The first kappa shape index (κ1) is 33.5. The van der Waals surface area contributed by atoms with Gasteiger partial charge >= 0.3 is 12.2 Å². The summed E-state index contributed by atoms with van der Waals surface area (Å²) in [4.78, 5) is 70.4. The number of alkyl carbamates (subject to hydrolysis) is 1. The first-order valence-corrected chi connectivity index (χ1v) is 17.8. The van der Waals surface area contributed by atoms with Crippen LogP contribution >= 0.6 is 0 Å². The minimum atomic E-state index is -3.90. The Morgan fingerprint density at radius 1 is 1.17 bits per heavy atom. The molecular formula is C33H41N5O9S. The molecule has 0 spiro atoms. The summed E-state index contributed by atoms with van der Waals surface area (Å²) >= 11 is 0. The highest BCUT2D eigenvalue weighted by Gasteiger charge is 2.62. The highest BCUT2D eigenvalue weighted by atomic mass is 32.2. The van der Waals surface area contributed by atoms with Crippen molar-refractivity contribution in [1.29, 1.82) is 0 Å². The molecule has 48 heavy (non-hydrogen) atoms. The monoisotopic (exact) mass is 683 g/mol. The molecule has 6 rings (SSSR count). The molecule has 1 aromatic rings. The number of ether oxygens (including phenoxy) is 2. The molecule has 3 fully saturated rings. The largest absolute Gasteiger partial charge is 0.449 e. The maximum Gasteiger partial charge on any atom is 0.410 e. The van der Waals surface area contributed by atoms with Gasteiger partial charge in [-0.1, -0.05) is 50.3 Å². The van der Waals surface area contributed by atoms with Gasteiger partial charge in [0.15, 0.2) is 0 Å². The SMILES string of the molecule is C=C[C@@H]1C[C@]1(NC(=O)[C@@H]1C[C@@H]2CN1C(=O)[C@H](C(C)C)NC(=O)OCC/C=C/c1cccc3c1CN(C3)C(=O)O2)C(=O)NS(=O)(=O)C1CC1. The quantitative estimate of drug-likeness (QED) is 0.362. The van der Waals surface area contributed by atoms with Gasteiger partial charge in [0.25, 0.3) is 5.91 Å². The molecule has 14 nitrogen and oxygen atoms in total. The van der Waals surface area contributed by atoms with Gasteiger partial charge in [0.1, 0.15) is 23.7 Å². The molecule has 2 saturated carbocycles. The second-order valence-electron chi connectivity index (χ2n) is 13.5. The Kier molecular flexibility index (Phi) is 9.00. The fraction of sp³-hybridized carbons (Fsp3) is 0.545. The van der Waals surface area contributed by atoms with Crippen molar-refractivity contribution in [2.75, 3.05) is 13.2 Å². The van der Waals surface area contributed by atoms with Gasteiger partial charge in [-0.3, -0.25) is 24.0 Å². The van der Waals surface area contributed by atoms with Crippen LogP contribution in [0.25, 0.3) is 6.08 Å². The van der Waals surface area contributed by atoms with E-state index in [1.165, 1.54) is 11.0 Å². The summed E-state index contributed by atoms with van der Waals surface area (Å²) in [6.45, 7) is 7.76. The van der Waals surface area contributed by atoms with Crippen LogP contribution in [0.5, 0.6) is 0 Å². The molecule has 15 heteroatoms. The average Bonchev–Trinajstić information content (AvgIpc) is 3.93. The van der Waals surface area contributed by atoms with Crippen molar-refractivity contribution in [3.63, 3.8) is 0 Å². The molecule has 3 heterocycles. The number of benzene rings is 1. The molecule has 1 saturated heterocycles. The van der Waals surface area contributed by atoms with Gasteiger partial charge in [0, 0.05) is 18.9 Å². The molecule has 0 aromatic heterocycles. The molecule has 3 N–H and O–H groups in total. The molecule has 5 aliphatic rings. The van der Waals surface area contributed by atoms with Crippen LogP contribution in [0, 0.1) is 11.8 Å². The molecule has 3 aliphatic heterocycles. The number of carbonyl (C=O) groups excluding carboxylic acids is 5. The van der Waals surface area contributed by atoms with Gasteiger partial charge < -0.3 is 25.0 Å². The summed E-state index contributed by atoms with van der Waals surface area (Å²) in [6.07, 6.45) is 4.36. The Balaban J connectivity index is 1.26. The van der Waals surface area contributed by atoms with Crippen molar-refractivity contribution in [1.82, 2.24) is 25.2 Å². The summed E-state index contributed by atoms with van der Waals surface area (Å²) in [5.74, 6) is -3.12. The van der Waals surface area contributed by atoms with Crippen LogP contribution in [0.15, 0.2) is 36.9 Å². The van der Waals surface area contributed by atoms with E-state index >= 15 is 0 Å². The number of fused-ring (bicyclic) bond motifs is 3. The average molecular weight is 684 g/mol. The van der Waals surface area contributed by atoms with E-state index in [0.717, 1.165) is 16.7 Å². The minimum absolute atomic E-state index is 0.0662. The third kappa shape index (κ3) is 6.64. The van der Waals surface area contributed by atoms with E-state index in [1.54, 1.807) is 18.7 Å². The predicted molar refractivity (Wildman–Crippen MR) is 172 cm³/mol. The number of nitrogens with one attached hydrogen (secondary N) is 3. The Labute approximate surface area is 279 Å². The lowest BCUT2D eigenvalue weighted by atomic mass is 10.0. The van der Waals surface area contributed by atoms with Crippen LogP contribution in [0.1, 0.15) is 62.6 Å². The molecule has 4 bridgehead atoms. The van der Waals surface area contributed by atoms with Crippen LogP contribution < -0.4 is 15.4 Å². The Hall–Kier alpha value is -4.40. The fourth-order valence-electron chi connectivity index (χ4n) is 6.64. The topological polar surface area (TPSA) is 181 Å². The zero-order chi connectivity index (χ0) is 34.4. The molecule has 258 valence electrons. The van der Waals surface area contributed by atoms with Crippen molar-refractivity contribution in [2.45, 2.75) is 88.0 Å². The maximum absolute atomic E-state index is 14.1. The standard InChI is InChI=1S/C33H41N5O9S/c1-4-22-15-33(22,30(41)36-48(44,45)24-11-12-24)35-28(39)26-14-23-17-38(26)29(40)27(19(2)3)34-31(42)46-13-6-5-8-20-9-7-10-21-16-37(18-25(20)21)32(43)47-23/h4-5,7-10,19,22-24,26-27H,1,6,11-18H2,2-3H3,(H,34,42)(H,35,39)(H,36,41)/b8-5+/t22-,23-,26+,27+,33-/m1/s1. The van der Waals surface area contributed by atoms with Crippen LogP contribution in [-0.4, -0.2) is 90.3 Å². The van der Waals surface area contributed by atoms with E-state index in [9.17, 15) is 32.4 Å². The third-order valence-corrected chi connectivity index (χ3v) is 11.5. The van der Waals surface area contributed by atoms with Crippen LogP contribution in [0.2, 0.25) is 0 Å². The van der Waals surface area contributed by atoms with E-state index in [2.05, 4.69) is 21.9 Å². The van der Waals surface area contributed by atoms with E-state index in [0.29, 0.717) is 32.4 Å². The summed E-state index contributed by atoms with van der Waals surface area (Å²) in [5, 5.41) is 4.69. The van der Waals surface area contributed by atoms with Gasteiger partial charge in [0.05, 0.1) is 24.9 Å². The lowest BCUT2D eigenvalue weighted by Crippen LogP contribution is -2.59. The van der Waals surface area contributed by atoms with Crippen molar-refractivity contribution < 1.29 is 41.9 Å². The van der Waals surface area contributed by atoms with E-state index < -0.39 is 80.7 Å². The fourth-order valence-corrected chi connectivity index (χ4v) is 8.00. The molecular weight excluding hydrogens is 642 g/mol. The highest BCUT2D eigenvalue weighted by Crippen LogP contribution is 2.45. The zero-order valence-electron chi connectivity index (χ0n) is 27.0. The van der Waals surface area contributed by atoms with Crippen LogP contribution in [-0.2, 0) is 47.0 Å². The number of hydrogen-bond donors (Lipinski definition) is 3. The minimum Gasteiger partial charge on any atom is -0.449 e. The summed E-state index contributed by atoms with van der Waals surface area (Å²) in [5.41, 5.74) is 1.31. The highest BCUT2D eigenvalue weighted by molar-refractivity contribution is 7.91. The van der Waals surface area contributed by atoms with Gasteiger partial charge in [-0.25, -0.2) is 18.0 Å². The summed E-state index contributed by atoms with van der Waals surface area (Å²) in [7, 11) is -3.90.